The third-order valence-electron chi connectivity index (χ3n) is 4.43. The summed E-state index contributed by atoms with van der Waals surface area (Å²) in [7, 11) is 7.21. The minimum Gasteiger partial charge on any atom is -0.495 e. The van der Waals surface area contributed by atoms with Crippen LogP contribution < -0.4 is 9.47 Å². The molecular formula is C16H26BrNO3. The molecule has 0 aliphatic carbocycles. The molecule has 0 aromatic heterocycles. The lowest BCUT2D eigenvalue weighted by molar-refractivity contribution is -0.0161. The SMILES string of the molecule is CCC(CC)(C(O)c1ccc(OC)c(Br)c1OC)N(C)C. The second kappa shape index (κ2) is 7.47. The smallest absolute Gasteiger partial charge is 0.142 e. The Balaban J connectivity index is 3.41. The fourth-order valence-corrected chi connectivity index (χ4v) is 3.62. The fourth-order valence-electron chi connectivity index (χ4n) is 2.94. The Hall–Kier alpha value is -0.780. The fraction of sp³-hybridized carbons (Fsp3) is 0.625. The van der Waals surface area contributed by atoms with Crippen molar-refractivity contribution in [2.45, 2.75) is 38.3 Å². The second-order valence-electron chi connectivity index (χ2n) is 5.31. The molecule has 21 heavy (non-hydrogen) atoms. The number of nitrogens with zero attached hydrogens (tertiary/aromatic N) is 1. The molecule has 5 heteroatoms. The summed E-state index contributed by atoms with van der Waals surface area (Å²) in [5.74, 6) is 1.31. The summed E-state index contributed by atoms with van der Waals surface area (Å²) in [6.45, 7) is 4.19. The van der Waals surface area contributed by atoms with Crippen molar-refractivity contribution in [3.63, 3.8) is 0 Å². The van der Waals surface area contributed by atoms with Crippen LogP contribution in [0.4, 0.5) is 0 Å². The van der Waals surface area contributed by atoms with E-state index >= 15 is 0 Å². The molecule has 1 atom stereocenters. The summed E-state index contributed by atoms with van der Waals surface area (Å²) >= 11 is 3.49. The molecule has 0 aliphatic heterocycles. The molecule has 1 aromatic carbocycles. The number of ether oxygens (including phenoxy) is 2. The molecule has 0 saturated heterocycles. The molecule has 0 spiro atoms. The van der Waals surface area contributed by atoms with Crippen LogP contribution in [0.3, 0.4) is 0 Å². The summed E-state index contributed by atoms with van der Waals surface area (Å²) in [5.41, 5.74) is 0.434. The Labute approximate surface area is 136 Å². The monoisotopic (exact) mass is 359 g/mol. The van der Waals surface area contributed by atoms with E-state index in [0.717, 1.165) is 22.9 Å². The number of halogens is 1. The van der Waals surface area contributed by atoms with Crippen molar-refractivity contribution in [1.82, 2.24) is 4.90 Å². The highest BCUT2D eigenvalue weighted by Crippen LogP contribution is 2.45. The molecule has 1 unspecified atom stereocenters. The first kappa shape index (κ1) is 18.3. The number of benzene rings is 1. The maximum absolute atomic E-state index is 11.0. The van der Waals surface area contributed by atoms with E-state index < -0.39 is 6.10 Å². The highest BCUT2D eigenvalue weighted by Gasteiger charge is 2.39. The highest BCUT2D eigenvalue weighted by molar-refractivity contribution is 9.10. The Morgan fingerprint density at radius 2 is 1.76 bits per heavy atom. The predicted octanol–water partition coefficient (Wildman–Crippen LogP) is 3.62. The zero-order valence-corrected chi connectivity index (χ0v) is 15.3. The molecule has 1 aromatic rings. The van der Waals surface area contributed by atoms with Gasteiger partial charge in [0.2, 0.25) is 0 Å². The number of aliphatic hydroxyl groups is 1. The molecule has 0 aliphatic rings. The minimum absolute atomic E-state index is 0.332. The summed E-state index contributed by atoms with van der Waals surface area (Å²) in [5, 5.41) is 11.0. The molecule has 0 radical (unpaired) electrons. The number of methoxy groups -OCH3 is 2. The molecule has 0 heterocycles. The molecule has 120 valence electrons. The van der Waals surface area contributed by atoms with Crippen molar-refractivity contribution in [2.75, 3.05) is 28.3 Å². The minimum atomic E-state index is -0.653. The lowest BCUT2D eigenvalue weighted by atomic mass is 9.81. The third-order valence-corrected chi connectivity index (χ3v) is 5.19. The van der Waals surface area contributed by atoms with Gasteiger partial charge in [-0.3, -0.25) is 0 Å². The molecule has 0 bridgehead atoms. The summed E-state index contributed by atoms with van der Waals surface area (Å²) in [6.07, 6.45) is 1.02. The van der Waals surface area contributed by atoms with Crippen LogP contribution in [-0.2, 0) is 0 Å². The van der Waals surface area contributed by atoms with E-state index in [-0.39, 0.29) is 5.54 Å². The first-order valence-electron chi connectivity index (χ1n) is 7.15. The Morgan fingerprint density at radius 3 is 2.14 bits per heavy atom. The number of rotatable bonds is 7. The molecule has 0 saturated carbocycles. The Kier molecular flexibility index (Phi) is 6.50. The van der Waals surface area contributed by atoms with Crippen molar-refractivity contribution >= 4 is 15.9 Å². The van der Waals surface area contributed by atoms with Gasteiger partial charge in [0, 0.05) is 5.56 Å². The van der Waals surface area contributed by atoms with Crippen molar-refractivity contribution in [1.29, 1.82) is 0 Å². The maximum Gasteiger partial charge on any atom is 0.142 e. The quantitative estimate of drug-likeness (QED) is 0.807. The zero-order chi connectivity index (χ0) is 16.2. The van der Waals surface area contributed by atoms with Crippen LogP contribution in [0.2, 0.25) is 0 Å². The number of hydrogen-bond acceptors (Lipinski definition) is 4. The Bertz CT molecular complexity index is 473. The van der Waals surface area contributed by atoms with E-state index in [2.05, 4.69) is 34.7 Å². The second-order valence-corrected chi connectivity index (χ2v) is 6.10. The summed E-state index contributed by atoms with van der Waals surface area (Å²) in [6, 6.07) is 3.72. The van der Waals surface area contributed by atoms with E-state index in [0.29, 0.717) is 11.5 Å². The third kappa shape index (κ3) is 3.20. The molecular weight excluding hydrogens is 334 g/mol. The predicted molar refractivity (Wildman–Crippen MR) is 89.2 cm³/mol. The van der Waals surface area contributed by atoms with Gasteiger partial charge in [-0.25, -0.2) is 0 Å². The lowest BCUT2D eigenvalue weighted by Gasteiger charge is -2.43. The van der Waals surface area contributed by atoms with Gasteiger partial charge in [0.05, 0.1) is 19.8 Å². The van der Waals surface area contributed by atoms with E-state index in [1.165, 1.54) is 0 Å². The normalized spacial score (nSPS) is 13.4. The van der Waals surface area contributed by atoms with E-state index in [4.69, 9.17) is 9.47 Å². The van der Waals surface area contributed by atoms with Crippen molar-refractivity contribution in [3.8, 4) is 11.5 Å². The van der Waals surface area contributed by atoms with Crippen molar-refractivity contribution in [2.24, 2.45) is 0 Å². The molecule has 0 amide bonds. The average Bonchev–Trinajstić information content (AvgIpc) is 2.48. The van der Waals surface area contributed by atoms with Gasteiger partial charge in [0.25, 0.3) is 0 Å². The molecule has 0 fully saturated rings. The summed E-state index contributed by atoms with van der Waals surface area (Å²) < 4.78 is 11.5. The van der Waals surface area contributed by atoms with Crippen LogP contribution in [0.5, 0.6) is 11.5 Å². The largest absolute Gasteiger partial charge is 0.495 e. The van der Waals surface area contributed by atoms with E-state index in [9.17, 15) is 5.11 Å². The number of hydrogen-bond donors (Lipinski definition) is 1. The van der Waals surface area contributed by atoms with Crippen LogP contribution in [0.15, 0.2) is 16.6 Å². The van der Waals surface area contributed by atoms with Gasteiger partial charge in [-0.2, -0.15) is 0 Å². The number of likely N-dealkylation sites (N-methyl/N-ethyl adjacent to an activating group) is 1. The number of aliphatic hydroxyl groups excluding tert-OH is 1. The van der Waals surface area contributed by atoms with Crippen LogP contribution >= 0.6 is 15.9 Å². The van der Waals surface area contributed by atoms with Crippen LogP contribution in [0.25, 0.3) is 0 Å². The van der Waals surface area contributed by atoms with E-state index in [1.54, 1.807) is 14.2 Å². The molecule has 1 N–H and O–H groups in total. The topological polar surface area (TPSA) is 41.9 Å². The zero-order valence-electron chi connectivity index (χ0n) is 13.7. The first-order chi connectivity index (χ1) is 9.89. The van der Waals surface area contributed by atoms with Crippen LogP contribution in [-0.4, -0.2) is 43.9 Å². The van der Waals surface area contributed by atoms with Crippen LogP contribution in [0.1, 0.15) is 38.4 Å². The summed E-state index contributed by atoms with van der Waals surface area (Å²) in [4.78, 5) is 2.09. The van der Waals surface area contributed by atoms with E-state index in [1.807, 2.05) is 26.2 Å². The van der Waals surface area contributed by atoms with Gasteiger partial charge in [-0.05, 0) is 55.0 Å². The van der Waals surface area contributed by atoms with Crippen molar-refractivity contribution in [3.05, 3.63) is 22.2 Å². The highest BCUT2D eigenvalue weighted by atomic mass is 79.9. The van der Waals surface area contributed by atoms with Gasteiger partial charge >= 0.3 is 0 Å². The maximum atomic E-state index is 11.0. The van der Waals surface area contributed by atoms with Crippen molar-refractivity contribution < 1.29 is 14.6 Å². The van der Waals surface area contributed by atoms with Gasteiger partial charge in [-0.1, -0.05) is 13.8 Å². The average molecular weight is 360 g/mol. The first-order valence-corrected chi connectivity index (χ1v) is 7.94. The van der Waals surface area contributed by atoms with Gasteiger partial charge < -0.3 is 19.5 Å². The Morgan fingerprint density at radius 1 is 1.19 bits per heavy atom. The standard InChI is InChI=1S/C16H26BrNO3/c1-7-16(8-2,18(3)4)15(19)11-9-10-12(20-5)13(17)14(11)21-6/h9-10,15,19H,7-8H2,1-6H3. The lowest BCUT2D eigenvalue weighted by Crippen LogP contribution is -2.48. The van der Waals surface area contributed by atoms with Gasteiger partial charge in [0.1, 0.15) is 22.1 Å². The van der Waals surface area contributed by atoms with Gasteiger partial charge in [-0.15, -0.1) is 0 Å². The molecule has 4 nitrogen and oxygen atoms in total. The van der Waals surface area contributed by atoms with Gasteiger partial charge in [0.15, 0.2) is 0 Å². The van der Waals surface area contributed by atoms with Crippen LogP contribution in [0, 0.1) is 0 Å². The molecule has 1 rings (SSSR count).